The van der Waals surface area contributed by atoms with Gasteiger partial charge in [-0.05, 0) is 49.4 Å². The van der Waals surface area contributed by atoms with E-state index in [1.54, 1.807) is 24.4 Å². The van der Waals surface area contributed by atoms with E-state index < -0.39 is 0 Å². The van der Waals surface area contributed by atoms with Gasteiger partial charge in [0.2, 0.25) is 0 Å². The number of phenols is 1. The van der Waals surface area contributed by atoms with Crippen LogP contribution in [0.5, 0.6) is 5.75 Å². The van der Waals surface area contributed by atoms with E-state index in [1.807, 2.05) is 25.1 Å². The number of hydrogen-bond acceptors (Lipinski definition) is 7. The minimum Gasteiger partial charge on any atom is -0.508 e. The number of aromatic nitrogens is 1. The molecule has 0 aliphatic carbocycles. The zero-order valence-corrected chi connectivity index (χ0v) is 18.9. The number of amides is 1. The first-order chi connectivity index (χ1) is 16.0. The van der Waals surface area contributed by atoms with Gasteiger partial charge in [-0.2, -0.15) is 0 Å². The van der Waals surface area contributed by atoms with Crippen LogP contribution in [0.2, 0.25) is 0 Å². The van der Waals surface area contributed by atoms with Crippen LogP contribution in [0.3, 0.4) is 0 Å². The summed E-state index contributed by atoms with van der Waals surface area (Å²) < 4.78 is 0. The molecule has 2 aliphatic rings. The normalized spacial score (nSPS) is 16.2. The summed E-state index contributed by atoms with van der Waals surface area (Å²) in [6, 6.07) is 13.0. The largest absolute Gasteiger partial charge is 0.508 e. The molecule has 8 nitrogen and oxygen atoms in total. The van der Waals surface area contributed by atoms with Gasteiger partial charge in [-0.1, -0.05) is 12.1 Å². The fourth-order valence-electron chi connectivity index (χ4n) is 4.26. The molecule has 33 heavy (non-hydrogen) atoms. The zero-order chi connectivity index (χ0) is 22.9. The molecule has 1 aromatic heterocycles. The average Bonchev–Trinajstić information content (AvgIpc) is 2.93. The molecule has 0 unspecified atom stereocenters. The number of likely N-dealkylation sites (N-methyl/N-ethyl adjacent to an activating group) is 1. The Morgan fingerprint density at radius 3 is 2.64 bits per heavy atom. The van der Waals surface area contributed by atoms with Gasteiger partial charge in [-0.15, -0.1) is 0 Å². The van der Waals surface area contributed by atoms with E-state index in [1.165, 1.54) is 0 Å². The van der Waals surface area contributed by atoms with Crippen LogP contribution in [-0.4, -0.2) is 59.0 Å². The molecule has 3 heterocycles. The summed E-state index contributed by atoms with van der Waals surface area (Å²) in [4.78, 5) is 22.5. The fraction of sp³-hybridized carbons (Fsp3) is 0.280. The number of benzene rings is 2. The second-order valence-electron chi connectivity index (χ2n) is 8.74. The molecular formula is C25H28N6O2. The van der Waals surface area contributed by atoms with Gasteiger partial charge in [0.15, 0.2) is 0 Å². The number of nitrogens with one attached hydrogen (secondary N) is 3. The topological polar surface area (TPSA) is 92.8 Å². The highest BCUT2D eigenvalue weighted by Gasteiger charge is 2.24. The van der Waals surface area contributed by atoms with E-state index in [2.05, 4.69) is 43.8 Å². The molecule has 8 heteroatoms. The van der Waals surface area contributed by atoms with Crippen molar-refractivity contribution in [2.45, 2.75) is 13.5 Å². The number of piperazine rings is 1. The standard InChI is InChI=1S/C25H28N6O2/c1-16-3-5-18(32)14-21(16)27-20-7-8-26-24-23(20)25(33)29-22-13-17(4-6-19(22)28-24)15-31-11-9-30(2)10-12-31/h3-8,13-14,32H,9-12,15H2,1-2H3,(H,29,33)(H2,26,27,28). The first-order valence-electron chi connectivity index (χ1n) is 11.1. The maximum Gasteiger partial charge on any atom is 0.261 e. The third-order valence-corrected chi connectivity index (χ3v) is 6.26. The van der Waals surface area contributed by atoms with Crippen molar-refractivity contribution in [3.05, 3.63) is 65.4 Å². The van der Waals surface area contributed by atoms with E-state index in [0.717, 1.165) is 60.9 Å². The van der Waals surface area contributed by atoms with E-state index in [-0.39, 0.29) is 11.7 Å². The highest BCUT2D eigenvalue weighted by atomic mass is 16.3. The molecule has 1 fully saturated rings. The molecule has 170 valence electrons. The number of rotatable bonds is 4. The number of carbonyl (C=O) groups is 1. The van der Waals surface area contributed by atoms with Gasteiger partial charge in [0.05, 0.1) is 17.1 Å². The van der Waals surface area contributed by atoms with Crippen molar-refractivity contribution in [1.29, 1.82) is 0 Å². The van der Waals surface area contributed by atoms with Crippen LogP contribution < -0.4 is 16.0 Å². The summed E-state index contributed by atoms with van der Waals surface area (Å²) >= 11 is 0. The molecule has 1 amide bonds. The lowest BCUT2D eigenvalue weighted by atomic mass is 10.1. The Bertz CT molecular complexity index is 1200. The Morgan fingerprint density at radius 1 is 1.00 bits per heavy atom. The fourth-order valence-corrected chi connectivity index (χ4v) is 4.26. The Balaban J connectivity index is 1.41. The number of nitrogens with zero attached hydrogens (tertiary/aromatic N) is 3. The second kappa shape index (κ2) is 8.73. The highest BCUT2D eigenvalue weighted by molar-refractivity contribution is 6.15. The Labute approximate surface area is 193 Å². The van der Waals surface area contributed by atoms with Gasteiger partial charge in [0.1, 0.15) is 17.1 Å². The number of phenolic OH excluding ortho intramolecular Hbond substituents is 1. The molecule has 0 atom stereocenters. The van der Waals surface area contributed by atoms with Gasteiger partial charge >= 0.3 is 0 Å². The predicted octanol–water partition coefficient (Wildman–Crippen LogP) is 3.90. The third-order valence-electron chi connectivity index (χ3n) is 6.26. The van der Waals surface area contributed by atoms with Gasteiger partial charge in [0.25, 0.3) is 5.91 Å². The monoisotopic (exact) mass is 444 g/mol. The minimum absolute atomic E-state index is 0.158. The molecule has 2 aliphatic heterocycles. The smallest absolute Gasteiger partial charge is 0.261 e. The molecule has 0 bridgehead atoms. The predicted molar refractivity (Wildman–Crippen MR) is 131 cm³/mol. The molecule has 4 N–H and O–H groups in total. The number of aromatic hydroxyl groups is 1. The number of pyridine rings is 1. The van der Waals surface area contributed by atoms with Gasteiger partial charge < -0.3 is 26.0 Å². The van der Waals surface area contributed by atoms with E-state index in [0.29, 0.717) is 17.1 Å². The number of hydrogen-bond donors (Lipinski definition) is 4. The molecule has 0 radical (unpaired) electrons. The molecular weight excluding hydrogens is 416 g/mol. The van der Waals surface area contributed by atoms with Gasteiger partial charge in [0, 0.05) is 50.7 Å². The maximum absolute atomic E-state index is 13.3. The van der Waals surface area contributed by atoms with Crippen LogP contribution >= 0.6 is 0 Å². The summed E-state index contributed by atoms with van der Waals surface area (Å²) in [6.07, 6.45) is 1.66. The van der Waals surface area contributed by atoms with Crippen LogP contribution in [0.4, 0.5) is 28.6 Å². The first-order valence-corrected chi connectivity index (χ1v) is 11.1. The van der Waals surface area contributed by atoms with Crippen LogP contribution in [0.1, 0.15) is 21.5 Å². The van der Waals surface area contributed by atoms with Crippen molar-refractivity contribution in [3.63, 3.8) is 0 Å². The third kappa shape index (κ3) is 4.48. The van der Waals surface area contributed by atoms with Crippen LogP contribution in [-0.2, 0) is 6.54 Å². The first kappa shape index (κ1) is 21.2. The van der Waals surface area contributed by atoms with Crippen LogP contribution in [0.25, 0.3) is 0 Å². The average molecular weight is 445 g/mol. The van der Waals surface area contributed by atoms with E-state index in [4.69, 9.17) is 0 Å². The van der Waals surface area contributed by atoms with Gasteiger partial charge in [-0.3, -0.25) is 9.69 Å². The summed E-state index contributed by atoms with van der Waals surface area (Å²) in [7, 11) is 2.15. The molecule has 3 aromatic rings. The van der Waals surface area contributed by atoms with Crippen molar-refractivity contribution in [2.24, 2.45) is 0 Å². The SMILES string of the molecule is Cc1ccc(O)cc1Nc1ccnc2c1C(=O)Nc1cc(CN3CCN(C)CC3)ccc1N2. The molecule has 2 aromatic carbocycles. The van der Waals surface area contributed by atoms with Crippen molar-refractivity contribution >= 4 is 34.5 Å². The molecule has 0 spiro atoms. The van der Waals surface area contributed by atoms with Gasteiger partial charge in [-0.25, -0.2) is 4.98 Å². The van der Waals surface area contributed by atoms with Crippen molar-refractivity contribution < 1.29 is 9.90 Å². The lowest BCUT2D eigenvalue weighted by Crippen LogP contribution is -2.43. The Morgan fingerprint density at radius 2 is 1.82 bits per heavy atom. The summed E-state index contributed by atoms with van der Waals surface area (Å²) in [5.74, 6) is 0.411. The van der Waals surface area contributed by atoms with Crippen molar-refractivity contribution in [2.75, 3.05) is 49.2 Å². The second-order valence-corrected chi connectivity index (χ2v) is 8.74. The summed E-state index contributed by atoms with van der Waals surface area (Å²) in [6.45, 7) is 7.01. The van der Waals surface area contributed by atoms with E-state index in [9.17, 15) is 9.90 Å². The minimum atomic E-state index is -0.235. The zero-order valence-electron chi connectivity index (χ0n) is 18.9. The lowest BCUT2D eigenvalue weighted by molar-refractivity contribution is 0.102. The van der Waals surface area contributed by atoms with Crippen molar-refractivity contribution in [1.82, 2.24) is 14.8 Å². The van der Waals surface area contributed by atoms with Crippen LogP contribution in [0, 0.1) is 6.92 Å². The number of carbonyl (C=O) groups excluding carboxylic acids is 1. The number of aryl methyl sites for hydroxylation is 1. The number of fused-ring (bicyclic) bond motifs is 2. The van der Waals surface area contributed by atoms with Crippen LogP contribution in [0.15, 0.2) is 48.7 Å². The highest BCUT2D eigenvalue weighted by Crippen LogP contribution is 2.36. The summed E-state index contributed by atoms with van der Waals surface area (Å²) in [5.41, 5.74) is 5.44. The summed E-state index contributed by atoms with van der Waals surface area (Å²) in [5, 5.41) is 19.5. The van der Waals surface area contributed by atoms with E-state index >= 15 is 0 Å². The van der Waals surface area contributed by atoms with Crippen molar-refractivity contribution in [3.8, 4) is 5.75 Å². The quantitative estimate of drug-likeness (QED) is 0.485. The maximum atomic E-state index is 13.3. The number of anilines is 5. The molecule has 0 saturated carbocycles. The molecule has 5 rings (SSSR count). The Hall–Kier alpha value is -3.62. The lowest BCUT2D eigenvalue weighted by Gasteiger charge is -2.32. The Kier molecular flexibility index (Phi) is 5.62. The molecule has 1 saturated heterocycles.